The summed E-state index contributed by atoms with van der Waals surface area (Å²) in [5.41, 5.74) is 2.34. The van der Waals surface area contributed by atoms with Gasteiger partial charge in [-0.15, -0.1) is 10.2 Å². The molecule has 9 heteroatoms. The third-order valence-electron chi connectivity index (χ3n) is 4.54. The Bertz CT molecular complexity index is 1080. The lowest BCUT2D eigenvalue weighted by molar-refractivity contribution is -0.131. The maximum absolute atomic E-state index is 11.8. The highest BCUT2D eigenvalue weighted by molar-refractivity contribution is 8.03. The number of aliphatic carboxylic acids is 1. The van der Waals surface area contributed by atoms with Crippen molar-refractivity contribution in [3.63, 3.8) is 0 Å². The number of carbonyl (C=O) groups is 1. The summed E-state index contributed by atoms with van der Waals surface area (Å²) in [4.78, 5) is 14.1. The number of ether oxygens (including phenoxy) is 1. The highest BCUT2D eigenvalue weighted by atomic mass is 35.5. The standard InChI is InChI=1S/C22H22ClN3O4S/c1-4-26(5-2)17-11-8-15(18(13-17)29-3)12-19(21(27)28)31-22-25-24-20(30-22)14-6-9-16(23)10-7-14/h6-13H,4-5H2,1-3H3,(H,27,28)/b19-12-. The zero-order valence-corrected chi connectivity index (χ0v) is 18.9. The van der Waals surface area contributed by atoms with Crippen LogP contribution in [0.25, 0.3) is 17.5 Å². The Hall–Kier alpha value is -2.97. The molecule has 0 fully saturated rings. The minimum absolute atomic E-state index is 0.0280. The van der Waals surface area contributed by atoms with E-state index in [1.165, 1.54) is 6.08 Å². The number of hydrogen-bond acceptors (Lipinski definition) is 7. The number of rotatable bonds is 9. The number of anilines is 1. The molecule has 0 aliphatic heterocycles. The largest absolute Gasteiger partial charge is 0.496 e. The first-order valence-corrected chi connectivity index (χ1v) is 10.8. The van der Waals surface area contributed by atoms with Gasteiger partial charge in [-0.3, -0.25) is 0 Å². The summed E-state index contributed by atoms with van der Waals surface area (Å²) in [7, 11) is 1.56. The number of methoxy groups -OCH3 is 1. The van der Waals surface area contributed by atoms with Crippen LogP contribution in [0.15, 0.2) is 57.0 Å². The molecule has 3 rings (SSSR count). The average molecular weight is 460 g/mol. The Kier molecular flexibility index (Phi) is 7.59. The molecule has 0 amide bonds. The second-order valence-corrected chi connectivity index (χ2v) is 7.82. The molecule has 1 aromatic heterocycles. The molecule has 0 bridgehead atoms. The molecule has 0 saturated carbocycles. The molecule has 0 atom stereocenters. The summed E-state index contributed by atoms with van der Waals surface area (Å²) in [6, 6.07) is 12.6. The SMILES string of the molecule is CCN(CC)c1ccc(/C=C(\Sc2nnc(-c3ccc(Cl)cc3)o2)C(=O)O)c(OC)c1. The van der Waals surface area contributed by atoms with Gasteiger partial charge in [-0.2, -0.15) is 0 Å². The maximum Gasteiger partial charge on any atom is 0.342 e. The molecule has 0 aliphatic carbocycles. The van der Waals surface area contributed by atoms with Crippen LogP contribution in [0.5, 0.6) is 5.75 Å². The number of benzene rings is 2. The van der Waals surface area contributed by atoms with E-state index in [2.05, 4.69) is 28.9 Å². The van der Waals surface area contributed by atoms with Crippen molar-refractivity contribution in [3.05, 3.63) is 58.0 Å². The highest BCUT2D eigenvalue weighted by Gasteiger charge is 2.17. The average Bonchev–Trinajstić information content (AvgIpc) is 3.23. The molecule has 0 radical (unpaired) electrons. The van der Waals surface area contributed by atoms with Gasteiger partial charge >= 0.3 is 5.97 Å². The van der Waals surface area contributed by atoms with Gasteiger partial charge in [-0.25, -0.2) is 4.79 Å². The van der Waals surface area contributed by atoms with Gasteiger partial charge in [-0.05, 0) is 68.1 Å². The molecule has 31 heavy (non-hydrogen) atoms. The van der Waals surface area contributed by atoms with Crippen LogP contribution in [0.1, 0.15) is 19.4 Å². The van der Waals surface area contributed by atoms with E-state index in [9.17, 15) is 9.90 Å². The first-order valence-electron chi connectivity index (χ1n) is 9.60. The van der Waals surface area contributed by atoms with Crippen molar-refractivity contribution in [1.82, 2.24) is 10.2 Å². The molecule has 2 aromatic carbocycles. The Morgan fingerprint density at radius 1 is 1.19 bits per heavy atom. The molecule has 0 aliphatic rings. The minimum Gasteiger partial charge on any atom is -0.496 e. The molecule has 1 heterocycles. The van der Waals surface area contributed by atoms with Gasteiger partial charge in [0.15, 0.2) is 0 Å². The van der Waals surface area contributed by atoms with Crippen molar-refractivity contribution in [2.45, 2.75) is 19.1 Å². The third-order valence-corrected chi connectivity index (χ3v) is 5.64. The van der Waals surface area contributed by atoms with Crippen LogP contribution in [0, 0.1) is 0 Å². The fourth-order valence-electron chi connectivity index (χ4n) is 2.93. The Morgan fingerprint density at radius 2 is 1.90 bits per heavy atom. The van der Waals surface area contributed by atoms with Gasteiger partial charge in [0.2, 0.25) is 5.89 Å². The molecular formula is C22H22ClN3O4S. The normalized spacial score (nSPS) is 11.4. The van der Waals surface area contributed by atoms with Crippen LogP contribution in [0.2, 0.25) is 5.02 Å². The second-order valence-electron chi connectivity index (χ2n) is 6.39. The van der Waals surface area contributed by atoms with Crippen molar-refractivity contribution in [2.24, 2.45) is 0 Å². The number of nitrogens with zero attached hydrogens (tertiary/aromatic N) is 3. The fraction of sp³-hybridized carbons (Fsp3) is 0.227. The van der Waals surface area contributed by atoms with E-state index in [4.69, 9.17) is 20.8 Å². The van der Waals surface area contributed by atoms with Crippen LogP contribution >= 0.6 is 23.4 Å². The van der Waals surface area contributed by atoms with Crippen LogP contribution in [0.3, 0.4) is 0 Å². The Balaban J connectivity index is 1.87. The van der Waals surface area contributed by atoms with Crippen molar-refractivity contribution in [2.75, 3.05) is 25.1 Å². The van der Waals surface area contributed by atoms with Crippen molar-refractivity contribution in [3.8, 4) is 17.2 Å². The third kappa shape index (κ3) is 5.59. The predicted molar refractivity (Wildman–Crippen MR) is 123 cm³/mol. The number of carboxylic acids is 1. The van der Waals surface area contributed by atoms with Gasteiger partial charge < -0.3 is 19.2 Å². The maximum atomic E-state index is 11.8. The number of halogens is 1. The smallest absolute Gasteiger partial charge is 0.342 e. The van der Waals surface area contributed by atoms with E-state index in [1.54, 1.807) is 31.4 Å². The molecule has 3 aromatic rings. The minimum atomic E-state index is -1.11. The highest BCUT2D eigenvalue weighted by Crippen LogP contribution is 2.33. The molecule has 7 nitrogen and oxygen atoms in total. The second kappa shape index (κ2) is 10.4. The zero-order valence-electron chi connectivity index (χ0n) is 17.3. The fourth-order valence-corrected chi connectivity index (χ4v) is 3.72. The number of aromatic nitrogens is 2. The quantitative estimate of drug-likeness (QED) is 0.333. The van der Waals surface area contributed by atoms with E-state index in [0.717, 1.165) is 30.5 Å². The number of carboxylic acid groups (broad SMARTS) is 1. The van der Waals surface area contributed by atoms with Crippen LogP contribution < -0.4 is 9.64 Å². The molecule has 0 saturated heterocycles. The lowest BCUT2D eigenvalue weighted by Gasteiger charge is -2.22. The monoisotopic (exact) mass is 459 g/mol. The summed E-state index contributed by atoms with van der Waals surface area (Å²) < 4.78 is 11.1. The summed E-state index contributed by atoms with van der Waals surface area (Å²) in [6.07, 6.45) is 1.53. The van der Waals surface area contributed by atoms with Crippen molar-refractivity contribution in [1.29, 1.82) is 0 Å². The van der Waals surface area contributed by atoms with Crippen LogP contribution in [-0.4, -0.2) is 41.5 Å². The van der Waals surface area contributed by atoms with Gasteiger partial charge in [0.25, 0.3) is 5.22 Å². The Morgan fingerprint density at radius 3 is 2.52 bits per heavy atom. The molecule has 162 valence electrons. The van der Waals surface area contributed by atoms with Crippen molar-refractivity contribution < 1.29 is 19.1 Å². The summed E-state index contributed by atoms with van der Waals surface area (Å²) >= 11 is 6.78. The first kappa shape index (κ1) is 22.7. The van der Waals surface area contributed by atoms with Crippen molar-refractivity contribution >= 4 is 41.1 Å². The summed E-state index contributed by atoms with van der Waals surface area (Å²) in [6.45, 7) is 5.87. The molecule has 1 N–H and O–H groups in total. The lowest BCUT2D eigenvalue weighted by atomic mass is 10.1. The van der Waals surface area contributed by atoms with Gasteiger partial charge in [0.1, 0.15) is 10.7 Å². The van der Waals surface area contributed by atoms with Crippen LogP contribution in [0.4, 0.5) is 5.69 Å². The lowest BCUT2D eigenvalue weighted by Crippen LogP contribution is -2.21. The molecular weight excluding hydrogens is 438 g/mol. The first-order chi connectivity index (χ1) is 14.9. The zero-order chi connectivity index (χ0) is 22.4. The van der Waals surface area contributed by atoms with E-state index >= 15 is 0 Å². The van der Waals surface area contributed by atoms with Gasteiger partial charge in [-0.1, -0.05) is 11.6 Å². The number of thioether (sulfide) groups is 1. The van der Waals surface area contributed by atoms with Gasteiger partial charge in [0, 0.05) is 41.0 Å². The summed E-state index contributed by atoms with van der Waals surface area (Å²) in [5.74, 6) is -0.243. The van der Waals surface area contributed by atoms with E-state index < -0.39 is 5.97 Å². The van der Waals surface area contributed by atoms with E-state index in [1.807, 2.05) is 18.2 Å². The van der Waals surface area contributed by atoms with E-state index in [-0.39, 0.29) is 16.0 Å². The molecule has 0 unspecified atom stereocenters. The van der Waals surface area contributed by atoms with Crippen LogP contribution in [-0.2, 0) is 4.79 Å². The number of hydrogen-bond donors (Lipinski definition) is 1. The predicted octanol–water partition coefficient (Wildman–Crippen LogP) is 5.46. The molecule has 0 spiro atoms. The van der Waals surface area contributed by atoms with Gasteiger partial charge in [0.05, 0.1) is 7.11 Å². The Labute approximate surface area is 189 Å². The topological polar surface area (TPSA) is 88.7 Å². The van der Waals surface area contributed by atoms with E-state index in [0.29, 0.717) is 21.9 Å². The summed E-state index contributed by atoms with van der Waals surface area (Å²) in [5, 5.41) is 18.3.